The van der Waals surface area contributed by atoms with E-state index in [0.717, 1.165) is 30.6 Å². The molecular formula is C17H26N8O. The fourth-order valence-electron chi connectivity index (χ4n) is 2.89. The van der Waals surface area contributed by atoms with Crippen LogP contribution in [0.15, 0.2) is 37.2 Å². The van der Waals surface area contributed by atoms with E-state index >= 15 is 0 Å². The number of nitrogens with zero attached hydrogens (tertiary/aromatic N) is 5. The lowest BCUT2D eigenvalue weighted by molar-refractivity contribution is 0.107. The van der Waals surface area contributed by atoms with Gasteiger partial charge < -0.3 is 20.1 Å². The molecule has 0 radical (unpaired) electrons. The van der Waals surface area contributed by atoms with Crippen LogP contribution in [-0.4, -0.2) is 70.5 Å². The maximum absolute atomic E-state index is 9.82. The average Bonchev–Trinajstić information content (AvgIpc) is 3.35. The highest BCUT2D eigenvalue weighted by atomic mass is 16.3. The standard InChI is InChI=1S/C17H26N8O/c1-14(26)10-24(11-15-18-2-3-19-15)8-9-25(12-16-20-4-5-21-16)13-17-22-6-7-23-17/h2-7,14,26H,8-13H2,1H3,(H,18,19)(H,20,21)(H,22,23). The average molecular weight is 358 g/mol. The Kier molecular flexibility index (Phi) is 6.53. The number of hydrogen-bond donors (Lipinski definition) is 4. The number of aromatic amines is 3. The van der Waals surface area contributed by atoms with Gasteiger partial charge in [0.15, 0.2) is 0 Å². The summed E-state index contributed by atoms with van der Waals surface area (Å²) in [5.74, 6) is 2.74. The van der Waals surface area contributed by atoms with E-state index < -0.39 is 6.10 Å². The van der Waals surface area contributed by atoms with Crippen LogP contribution in [0.1, 0.15) is 24.4 Å². The molecule has 0 amide bonds. The monoisotopic (exact) mass is 358 g/mol. The Morgan fingerprint density at radius 1 is 0.808 bits per heavy atom. The minimum atomic E-state index is -0.395. The van der Waals surface area contributed by atoms with Crippen molar-refractivity contribution in [3.63, 3.8) is 0 Å². The van der Waals surface area contributed by atoms with Crippen molar-refractivity contribution in [3.8, 4) is 0 Å². The third-order valence-electron chi connectivity index (χ3n) is 4.04. The van der Waals surface area contributed by atoms with E-state index in [0.29, 0.717) is 26.2 Å². The molecule has 4 N–H and O–H groups in total. The van der Waals surface area contributed by atoms with Crippen LogP contribution >= 0.6 is 0 Å². The summed E-state index contributed by atoms with van der Waals surface area (Å²) >= 11 is 0. The number of hydrogen-bond acceptors (Lipinski definition) is 6. The molecular weight excluding hydrogens is 332 g/mol. The van der Waals surface area contributed by atoms with Crippen molar-refractivity contribution in [2.45, 2.75) is 32.7 Å². The van der Waals surface area contributed by atoms with Gasteiger partial charge in [0.05, 0.1) is 25.7 Å². The number of aliphatic hydroxyl groups is 1. The topological polar surface area (TPSA) is 113 Å². The van der Waals surface area contributed by atoms with E-state index in [1.807, 2.05) is 18.6 Å². The molecule has 1 unspecified atom stereocenters. The molecule has 1 atom stereocenters. The van der Waals surface area contributed by atoms with E-state index in [9.17, 15) is 5.11 Å². The molecule has 3 aromatic rings. The molecule has 0 saturated heterocycles. The first-order valence-electron chi connectivity index (χ1n) is 8.76. The summed E-state index contributed by atoms with van der Waals surface area (Å²) in [5.41, 5.74) is 0. The molecule has 0 aliphatic rings. The lowest BCUT2D eigenvalue weighted by Crippen LogP contribution is -2.38. The Bertz CT molecular complexity index is 672. The molecule has 26 heavy (non-hydrogen) atoms. The summed E-state index contributed by atoms with van der Waals surface area (Å²) in [7, 11) is 0. The number of aromatic nitrogens is 6. The SMILES string of the molecule is CC(O)CN(CCN(Cc1ncc[nH]1)Cc1ncc[nH]1)Cc1ncc[nH]1. The number of H-pyrrole nitrogens is 3. The minimum absolute atomic E-state index is 0.395. The largest absolute Gasteiger partial charge is 0.392 e. The van der Waals surface area contributed by atoms with Gasteiger partial charge in [-0.25, -0.2) is 15.0 Å². The predicted octanol–water partition coefficient (Wildman–Crippen LogP) is 0.741. The zero-order valence-corrected chi connectivity index (χ0v) is 15.0. The molecule has 3 heterocycles. The van der Waals surface area contributed by atoms with Gasteiger partial charge in [-0.15, -0.1) is 0 Å². The summed E-state index contributed by atoms with van der Waals surface area (Å²) in [4.78, 5) is 26.8. The fourth-order valence-corrected chi connectivity index (χ4v) is 2.89. The first-order valence-corrected chi connectivity index (χ1v) is 8.76. The summed E-state index contributed by atoms with van der Waals surface area (Å²) in [5, 5.41) is 9.82. The minimum Gasteiger partial charge on any atom is -0.392 e. The highest BCUT2D eigenvalue weighted by Gasteiger charge is 2.15. The molecule has 0 aliphatic heterocycles. The Morgan fingerprint density at radius 2 is 1.23 bits per heavy atom. The fraction of sp³-hybridized carbons (Fsp3) is 0.471. The van der Waals surface area contributed by atoms with Gasteiger partial charge in [-0.05, 0) is 6.92 Å². The van der Waals surface area contributed by atoms with E-state index in [-0.39, 0.29) is 0 Å². The smallest absolute Gasteiger partial charge is 0.120 e. The van der Waals surface area contributed by atoms with E-state index in [4.69, 9.17) is 0 Å². The second kappa shape index (κ2) is 9.27. The van der Waals surface area contributed by atoms with Crippen LogP contribution in [0.5, 0.6) is 0 Å². The third kappa shape index (κ3) is 5.80. The molecule has 9 heteroatoms. The van der Waals surface area contributed by atoms with Gasteiger partial charge in [0.25, 0.3) is 0 Å². The van der Waals surface area contributed by atoms with Crippen molar-refractivity contribution in [2.24, 2.45) is 0 Å². The van der Waals surface area contributed by atoms with Crippen LogP contribution in [0.3, 0.4) is 0 Å². The number of aliphatic hydroxyl groups excluding tert-OH is 1. The second-order valence-corrected chi connectivity index (χ2v) is 6.40. The lowest BCUT2D eigenvalue weighted by atomic mass is 10.3. The molecule has 3 rings (SSSR count). The highest BCUT2D eigenvalue weighted by Crippen LogP contribution is 2.06. The Hall–Kier alpha value is -2.49. The normalized spacial score (nSPS) is 12.9. The van der Waals surface area contributed by atoms with Crippen molar-refractivity contribution < 1.29 is 5.11 Å². The Balaban J connectivity index is 1.61. The van der Waals surface area contributed by atoms with Crippen molar-refractivity contribution in [1.29, 1.82) is 0 Å². The van der Waals surface area contributed by atoms with Crippen molar-refractivity contribution >= 4 is 0 Å². The van der Waals surface area contributed by atoms with Gasteiger partial charge in [-0.2, -0.15) is 0 Å². The summed E-state index contributed by atoms with van der Waals surface area (Å²) < 4.78 is 0. The predicted molar refractivity (Wildman–Crippen MR) is 96.8 cm³/mol. The summed E-state index contributed by atoms with van der Waals surface area (Å²) in [6.07, 6.45) is 10.3. The second-order valence-electron chi connectivity index (χ2n) is 6.40. The van der Waals surface area contributed by atoms with Crippen molar-refractivity contribution in [1.82, 2.24) is 39.7 Å². The summed E-state index contributed by atoms with van der Waals surface area (Å²) in [6.45, 7) is 6.09. The van der Waals surface area contributed by atoms with Gasteiger partial charge in [-0.1, -0.05) is 0 Å². The van der Waals surface area contributed by atoms with Crippen LogP contribution in [-0.2, 0) is 19.6 Å². The molecule has 0 aliphatic carbocycles. The van der Waals surface area contributed by atoms with Gasteiger partial charge in [0, 0.05) is 56.8 Å². The zero-order chi connectivity index (χ0) is 18.2. The van der Waals surface area contributed by atoms with Crippen LogP contribution in [0.25, 0.3) is 0 Å². The molecule has 0 spiro atoms. The maximum Gasteiger partial charge on any atom is 0.120 e. The van der Waals surface area contributed by atoms with Gasteiger partial charge in [0.2, 0.25) is 0 Å². The van der Waals surface area contributed by atoms with Crippen LogP contribution in [0, 0.1) is 0 Å². The van der Waals surface area contributed by atoms with Crippen LogP contribution in [0.2, 0.25) is 0 Å². The van der Waals surface area contributed by atoms with Crippen LogP contribution in [0.4, 0.5) is 0 Å². The van der Waals surface area contributed by atoms with Gasteiger partial charge in [-0.3, -0.25) is 9.80 Å². The number of nitrogens with one attached hydrogen (secondary N) is 3. The Morgan fingerprint density at radius 3 is 1.62 bits per heavy atom. The van der Waals surface area contributed by atoms with Gasteiger partial charge in [0.1, 0.15) is 17.5 Å². The molecule has 140 valence electrons. The first-order chi connectivity index (χ1) is 12.7. The highest BCUT2D eigenvalue weighted by molar-refractivity contribution is 4.92. The van der Waals surface area contributed by atoms with Crippen molar-refractivity contribution in [3.05, 3.63) is 54.7 Å². The summed E-state index contributed by atoms with van der Waals surface area (Å²) in [6, 6.07) is 0. The van der Waals surface area contributed by atoms with Crippen LogP contribution < -0.4 is 0 Å². The quantitative estimate of drug-likeness (QED) is 0.402. The number of rotatable bonds is 11. The van der Waals surface area contributed by atoms with E-state index in [1.54, 1.807) is 25.5 Å². The molecule has 0 aromatic carbocycles. The first kappa shape index (κ1) is 18.3. The molecule has 9 nitrogen and oxygen atoms in total. The van der Waals surface area contributed by atoms with Gasteiger partial charge >= 0.3 is 0 Å². The maximum atomic E-state index is 9.82. The molecule has 3 aromatic heterocycles. The lowest BCUT2D eigenvalue weighted by Gasteiger charge is -2.27. The third-order valence-corrected chi connectivity index (χ3v) is 4.04. The van der Waals surface area contributed by atoms with Crippen molar-refractivity contribution in [2.75, 3.05) is 19.6 Å². The van der Waals surface area contributed by atoms with E-state index in [1.165, 1.54) is 0 Å². The molecule has 0 fully saturated rings. The molecule has 0 saturated carbocycles. The Labute approximate surface area is 152 Å². The zero-order valence-electron chi connectivity index (χ0n) is 15.0. The van der Waals surface area contributed by atoms with E-state index in [2.05, 4.69) is 39.7 Å². The number of imidazole rings is 3. The molecule has 0 bridgehead atoms.